The van der Waals surface area contributed by atoms with E-state index in [-0.39, 0.29) is 17.9 Å². The zero-order valence-electron chi connectivity index (χ0n) is 14.5. The number of allylic oxidation sites excluding steroid dienone is 2. The average Bonchev–Trinajstić information content (AvgIpc) is 2.68. The van der Waals surface area contributed by atoms with Crippen molar-refractivity contribution in [1.29, 1.82) is 0 Å². The molecule has 0 saturated heterocycles. The summed E-state index contributed by atoms with van der Waals surface area (Å²) in [6, 6.07) is 13.6. The second-order valence-electron chi connectivity index (χ2n) is 6.39. The van der Waals surface area contributed by atoms with Crippen LogP contribution in [0.5, 0.6) is 5.75 Å². The molecule has 0 saturated carbocycles. The van der Waals surface area contributed by atoms with E-state index >= 15 is 0 Å². The summed E-state index contributed by atoms with van der Waals surface area (Å²) < 4.78 is 5.82. The normalized spacial score (nSPS) is 17.7. The molecule has 0 bridgehead atoms. The molecule has 1 aromatic heterocycles. The Kier molecular flexibility index (Phi) is 5.83. The first-order chi connectivity index (χ1) is 12.2. The number of hydrogen-bond donors (Lipinski definition) is 1. The van der Waals surface area contributed by atoms with Crippen molar-refractivity contribution in [2.24, 2.45) is 5.92 Å². The first-order valence-electron chi connectivity index (χ1n) is 8.80. The summed E-state index contributed by atoms with van der Waals surface area (Å²) in [4.78, 5) is 16.6. The molecule has 0 fully saturated rings. The molecule has 0 aliphatic heterocycles. The van der Waals surface area contributed by atoms with Crippen molar-refractivity contribution in [3.8, 4) is 5.75 Å². The summed E-state index contributed by atoms with van der Waals surface area (Å²) in [7, 11) is 0. The van der Waals surface area contributed by atoms with Crippen molar-refractivity contribution < 1.29 is 9.53 Å². The van der Waals surface area contributed by atoms with Crippen molar-refractivity contribution in [1.82, 2.24) is 10.3 Å². The summed E-state index contributed by atoms with van der Waals surface area (Å²) in [6.45, 7) is 2.44. The lowest BCUT2D eigenvalue weighted by molar-refractivity contribution is -0.125. The van der Waals surface area contributed by atoms with Gasteiger partial charge in [0.1, 0.15) is 12.4 Å². The second-order valence-corrected chi connectivity index (χ2v) is 6.39. The number of amides is 1. The van der Waals surface area contributed by atoms with Crippen LogP contribution < -0.4 is 10.1 Å². The molecule has 25 heavy (non-hydrogen) atoms. The van der Waals surface area contributed by atoms with E-state index in [0.717, 1.165) is 36.3 Å². The maximum Gasteiger partial charge on any atom is 0.223 e. The molecule has 0 unspecified atom stereocenters. The van der Waals surface area contributed by atoms with E-state index in [2.05, 4.69) is 22.5 Å². The van der Waals surface area contributed by atoms with E-state index in [0.29, 0.717) is 6.61 Å². The molecule has 130 valence electrons. The van der Waals surface area contributed by atoms with Crippen LogP contribution in [0.2, 0.25) is 0 Å². The standard InChI is InChI=1S/C21H24N2O2/c1-16(23-21(24)17-8-3-2-4-9-17)18-10-7-12-20(14-18)25-15-19-11-5-6-13-22-19/h2-3,5-7,10-14,16-17H,4,8-9,15H2,1H3,(H,23,24)/t16-,17-/m0/s1. The van der Waals surface area contributed by atoms with Crippen LogP contribution in [-0.4, -0.2) is 10.9 Å². The first-order valence-corrected chi connectivity index (χ1v) is 8.80. The quantitative estimate of drug-likeness (QED) is 0.805. The van der Waals surface area contributed by atoms with E-state index < -0.39 is 0 Å². The van der Waals surface area contributed by atoms with Crippen LogP contribution in [0.4, 0.5) is 0 Å². The molecule has 0 radical (unpaired) electrons. The smallest absolute Gasteiger partial charge is 0.223 e. The Morgan fingerprint density at radius 2 is 2.20 bits per heavy atom. The van der Waals surface area contributed by atoms with Crippen molar-refractivity contribution in [2.45, 2.75) is 38.8 Å². The fourth-order valence-corrected chi connectivity index (χ4v) is 2.96. The Morgan fingerprint density at radius 3 is 2.96 bits per heavy atom. The highest BCUT2D eigenvalue weighted by molar-refractivity contribution is 5.79. The Labute approximate surface area is 148 Å². The number of nitrogens with zero attached hydrogens (tertiary/aromatic N) is 1. The van der Waals surface area contributed by atoms with Crippen LogP contribution in [0.1, 0.15) is 43.5 Å². The minimum absolute atomic E-state index is 0.0446. The molecule has 3 rings (SSSR count). The van der Waals surface area contributed by atoms with Gasteiger partial charge < -0.3 is 10.1 Å². The molecule has 1 N–H and O–H groups in total. The molecule has 2 aromatic rings. The van der Waals surface area contributed by atoms with Crippen LogP contribution in [-0.2, 0) is 11.4 Å². The van der Waals surface area contributed by atoms with Crippen LogP contribution in [0.25, 0.3) is 0 Å². The Balaban J connectivity index is 1.58. The van der Waals surface area contributed by atoms with E-state index in [1.54, 1.807) is 6.20 Å². The van der Waals surface area contributed by atoms with Gasteiger partial charge in [0.15, 0.2) is 0 Å². The molecular weight excluding hydrogens is 312 g/mol. The van der Waals surface area contributed by atoms with Gasteiger partial charge in [-0.15, -0.1) is 0 Å². The number of rotatable bonds is 6. The van der Waals surface area contributed by atoms with Gasteiger partial charge in [0.2, 0.25) is 5.91 Å². The molecule has 0 spiro atoms. The van der Waals surface area contributed by atoms with Gasteiger partial charge in [-0.05, 0) is 56.0 Å². The SMILES string of the molecule is C[C@H](NC(=O)[C@H]1CC=CCC1)c1cccc(OCc2ccccn2)c1. The van der Waals surface area contributed by atoms with Gasteiger partial charge in [-0.2, -0.15) is 0 Å². The Bertz CT molecular complexity index is 728. The highest BCUT2D eigenvalue weighted by atomic mass is 16.5. The van der Waals surface area contributed by atoms with Gasteiger partial charge in [-0.3, -0.25) is 9.78 Å². The number of benzene rings is 1. The summed E-state index contributed by atoms with van der Waals surface area (Å²) in [6.07, 6.45) is 8.77. The van der Waals surface area contributed by atoms with E-state index in [1.165, 1.54) is 0 Å². The van der Waals surface area contributed by atoms with Crippen LogP contribution >= 0.6 is 0 Å². The molecule has 2 atom stereocenters. The van der Waals surface area contributed by atoms with Gasteiger partial charge >= 0.3 is 0 Å². The van der Waals surface area contributed by atoms with Gasteiger partial charge in [0.05, 0.1) is 11.7 Å². The molecule has 4 heteroatoms. The van der Waals surface area contributed by atoms with Crippen LogP contribution in [0.3, 0.4) is 0 Å². The number of ether oxygens (including phenoxy) is 1. The predicted molar refractivity (Wildman–Crippen MR) is 98.0 cm³/mol. The molecule has 1 aliphatic rings. The lowest BCUT2D eigenvalue weighted by atomic mass is 9.93. The zero-order valence-corrected chi connectivity index (χ0v) is 14.5. The number of carbonyl (C=O) groups excluding carboxylic acids is 1. The fourth-order valence-electron chi connectivity index (χ4n) is 2.96. The Morgan fingerprint density at radius 1 is 1.28 bits per heavy atom. The van der Waals surface area contributed by atoms with E-state index in [4.69, 9.17) is 4.74 Å². The second kappa shape index (κ2) is 8.47. The molecule has 1 aromatic carbocycles. The summed E-state index contributed by atoms with van der Waals surface area (Å²) in [5.41, 5.74) is 1.93. The number of aromatic nitrogens is 1. The third kappa shape index (κ3) is 4.92. The maximum absolute atomic E-state index is 12.4. The number of pyridine rings is 1. The third-order valence-electron chi connectivity index (χ3n) is 4.47. The number of hydrogen-bond acceptors (Lipinski definition) is 3. The minimum atomic E-state index is -0.0446. The highest BCUT2D eigenvalue weighted by Crippen LogP contribution is 2.22. The van der Waals surface area contributed by atoms with Crippen molar-refractivity contribution in [3.05, 3.63) is 72.1 Å². The summed E-state index contributed by atoms with van der Waals surface area (Å²) >= 11 is 0. The average molecular weight is 336 g/mol. The van der Waals surface area contributed by atoms with Crippen LogP contribution in [0.15, 0.2) is 60.8 Å². The molecule has 4 nitrogen and oxygen atoms in total. The molecule has 1 aliphatic carbocycles. The number of nitrogens with one attached hydrogen (secondary N) is 1. The number of carbonyl (C=O) groups is 1. The van der Waals surface area contributed by atoms with Gasteiger partial charge in [0.25, 0.3) is 0 Å². The lowest BCUT2D eigenvalue weighted by Crippen LogP contribution is -2.33. The van der Waals surface area contributed by atoms with Crippen LogP contribution in [0, 0.1) is 5.92 Å². The molecule has 1 amide bonds. The maximum atomic E-state index is 12.4. The Hall–Kier alpha value is -2.62. The largest absolute Gasteiger partial charge is 0.487 e. The lowest BCUT2D eigenvalue weighted by Gasteiger charge is -2.21. The zero-order chi connectivity index (χ0) is 17.5. The summed E-state index contributed by atoms with van der Waals surface area (Å²) in [5, 5.41) is 3.13. The fraction of sp³-hybridized carbons (Fsp3) is 0.333. The molecule has 1 heterocycles. The van der Waals surface area contributed by atoms with Gasteiger partial charge in [-0.25, -0.2) is 0 Å². The van der Waals surface area contributed by atoms with E-state index in [1.807, 2.05) is 49.4 Å². The third-order valence-corrected chi connectivity index (χ3v) is 4.47. The molecular formula is C21H24N2O2. The van der Waals surface area contributed by atoms with E-state index in [9.17, 15) is 4.79 Å². The monoisotopic (exact) mass is 336 g/mol. The highest BCUT2D eigenvalue weighted by Gasteiger charge is 2.20. The minimum Gasteiger partial charge on any atom is -0.487 e. The predicted octanol–water partition coefficient (Wildman–Crippen LogP) is 4.19. The van der Waals surface area contributed by atoms with Crippen molar-refractivity contribution in [3.63, 3.8) is 0 Å². The van der Waals surface area contributed by atoms with Crippen molar-refractivity contribution >= 4 is 5.91 Å². The topological polar surface area (TPSA) is 51.2 Å². The van der Waals surface area contributed by atoms with Crippen molar-refractivity contribution in [2.75, 3.05) is 0 Å². The van der Waals surface area contributed by atoms with Gasteiger partial charge in [0, 0.05) is 12.1 Å². The summed E-state index contributed by atoms with van der Waals surface area (Å²) in [5.74, 6) is 1.01. The first kappa shape index (κ1) is 17.2. The van der Waals surface area contributed by atoms with Gasteiger partial charge in [-0.1, -0.05) is 30.4 Å².